The third-order valence-corrected chi connectivity index (χ3v) is 4.07. The molecule has 84 valence electrons. The van der Waals surface area contributed by atoms with Gasteiger partial charge in [0.2, 0.25) is 0 Å². The molecule has 0 saturated carbocycles. The Morgan fingerprint density at radius 2 is 2.14 bits per heavy atom. The largest absolute Gasteiger partial charge is 0.313 e. The van der Waals surface area contributed by atoms with Crippen LogP contribution >= 0.6 is 11.8 Å². The summed E-state index contributed by atoms with van der Waals surface area (Å²) in [5, 5.41) is 3.64. The van der Waals surface area contributed by atoms with Crippen LogP contribution in [0.25, 0.3) is 0 Å². The van der Waals surface area contributed by atoms with Crippen LogP contribution in [0.3, 0.4) is 0 Å². The number of nitrogens with zero attached hydrogens (tertiary/aromatic N) is 1. The van der Waals surface area contributed by atoms with Crippen molar-refractivity contribution in [2.24, 2.45) is 0 Å². The van der Waals surface area contributed by atoms with Gasteiger partial charge in [-0.3, -0.25) is 0 Å². The lowest BCUT2D eigenvalue weighted by Gasteiger charge is -2.18. The molecule has 0 amide bonds. The second-order valence-electron chi connectivity index (χ2n) is 3.90. The molecule has 0 radical (unpaired) electrons. The first-order valence-corrected chi connectivity index (χ1v) is 7.05. The monoisotopic (exact) mass is 216 g/mol. The molecule has 1 rings (SSSR count). The molecule has 1 N–H and O–H groups in total. The highest BCUT2D eigenvalue weighted by Crippen LogP contribution is 2.16. The fourth-order valence-corrected chi connectivity index (χ4v) is 3.03. The normalized spacial score (nSPS) is 22.1. The maximum Gasteiger partial charge on any atom is 0.0166 e. The van der Waals surface area contributed by atoms with E-state index in [2.05, 4.69) is 35.8 Å². The van der Waals surface area contributed by atoms with E-state index in [4.69, 9.17) is 0 Å². The second kappa shape index (κ2) is 7.55. The molecule has 0 unspecified atom stereocenters. The van der Waals surface area contributed by atoms with Crippen molar-refractivity contribution < 1.29 is 0 Å². The van der Waals surface area contributed by atoms with E-state index in [0.29, 0.717) is 0 Å². The molecule has 1 atom stereocenters. The third kappa shape index (κ3) is 4.67. The van der Waals surface area contributed by atoms with Crippen molar-refractivity contribution in [2.75, 3.05) is 37.7 Å². The zero-order valence-electron chi connectivity index (χ0n) is 9.59. The van der Waals surface area contributed by atoms with Crippen molar-refractivity contribution in [3.63, 3.8) is 0 Å². The second-order valence-corrected chi connectivity index (χ2v) is 5.04. The Balaban J connectivity index is 1.92. The van der Waals surface area contributed by atoms with Gasteiger partial charge in [0.05, 0.1) is 0 Å². The molecule has 0 aromatic rings. The van der Waals surface area contributed by atoms with E-state index < -0.39 is 0 Å². The summed E-state index contributed by atoms with van der Waals surface area (Å²) in [6.45, 7) is 9.31. The highest BCUT2D eigenvalue weighted by atomic mass is 32.2. The quantitative estimate of drug-likeness (QED) is 0.654. The summed E-state index contributed by atoms with van der Waals surface area (Å²) in [7, 11) is 0. The van der Waals surface area contributed by atoms with Gasteiger partial charge in [-0.1, -0.05) is 13.8 Å². The van der Waals surface area contributed by atoms with Crippen molar-refractivity contribution in [3.8, 4) is 0 Å². The molecule has 1 saturated heterocycles. The Labute approximate surface area is 92.8 Å². The van der Waals surface area contributed by atoms with E-state index in [9.17, 15) is 0 Å². The average molecular weight is 216 g/mol. The SMILES string of the molecule is CCN(CC)CCCN[C@H]1CCSC1. The highest BCUT2D eigenvalue weighted by Gasteiger charge is 2.13. The molecular weight excluding hydrogens is 192 g/mol. The molecule has 0 aromatic heterocycles. The van der Waals surface area contributed by atoms with Crippen molar-refractivity contribution in [1.82, 2.24) is 10.2 Å². The summed E-state index contributed by atoms with van der Waals surface area (Å²) in [6.07, 6.45) is 2.67. The summed E-state index contributed by atoms with van der Waals surface area (Å²) in [6, 6.07) is 0.803. The molecule has 2 nitrogen and oxygen atoms in total. The molecule has 3 heteroatoms. The van der Waals surface area contributed by atoms with E-state index >= 15 is 0 Å². The third-order valence-electron chi connectivity index (χ3n) is 2.91. The van der Waals surface area contributed by atoms with E-state index in [1.54, 1.807) is 0 Å². The van der Waals surface area contributed by atoms with Gasteiger partial charge in [0, 0.05) is 11.8 Å². The molecule has 0 aromatic carbocycles. The molecule has 0 bridgehead atoms. The lowest BCUT2D eigenvalue weighted by molar-refractivity contribution is 0.296. The topological polar surface area (TPSA) is 15.3 Å². The number of thioether (sulfide) groups is 1. The summed E-state index contributed by atoms with van der Waals surface area (Å²) in [5.41, 5.74) is 0. The van der Waals surface area contributed by atoms with Gasteiger partial charge in [0.1, 0.15) is 0 Å². The van der Waals surface area contributed by atoms with Crippen LogP contribution < -0.4 is 5.32 Å². The number of nitrogens with one attached hydrogen (secondary N) is 1. The molecular formula is C11H24N2S. The Hall–Kier alpha value is 0.270. The van der Waals surface area contributed by atoms with E-state index in [0.717, 1.165) is 6.04 Å². The molecule has 1 aliphatic heterocycles. The fourth-order valence-electron chi connectivity index (χ4n) is 1.84. The van der Waals surface area contributed by atoms with Crippen LogP contribution in [-0.4, -0.2) is 48.6 Å². The molecule has 0 spiro atoms. The van der Waals surface area contributed by atoms with Gasteiger partial charge in [0.15, 0.2) is 0 Å². The van der Waals surface area contributed by atoms with Crippen molar-refractivity contribution in [1.29, 1.82) is 0 Å². The van der Waals surface area contributed by atoms with Gasteiger partial charge >= 0.3 is 0 Å². The Kier molecular flexibility index (Phi) is 6.65. The van der Waals surface area contributed by atoms with E-state index in [1.165, 1.54) is 50.5 Å². The number of rotatable bonds is 7. The summed E-state index contributed by atoms with van der Waals surface area (Å²) >= 11 is 2.08. The fraction of sp³-hybridized carbons (Fsp3) is 1.00. The van der Waals surface area contributed by atoms with Gasteiger partial charge in [0.25, 0.3) is 0 Å². The van der Waals surface area contributed by atoms with Gasteiger partial charge in [-0.2, -0.15) is 11.8 Å². The van der Waals surface area contributed by atoms with Crippen LogP contribution in [-0.2, 0) is 0 Å². The summed E-state index contributed by atoms with van der Waals surface area (Å²) < 4.78 is 0. The standard InChI is InChI=1S/C11H24N2S/c1-3-13(4-2)8-5-7-12-11-6-9-14-10-11/h11-12H,3-10H2,1-2H3/t11-/m0/s1. The molecule has 1 fully saturated rings. The minimum absolute atomic E-state index is 0.803. The first kappa shape index (κ1) is 12.3. The Morgan fingerprint density at radius 3 is 2.71 bits per heavy atom. The zero-order valence-corrected chi connectivity index (χ0v) is 10.4. The minimum atomic E-state index is 0.803. The predicted octanol–water partition coefficient (Wildman–Crippen LogP) is 1.81. The summed E-state index contributed by atoms with van der Waals surface area (Å²) in [5.74, 6) is 2.68. The first-order chi connectivity index (χ1) is 6.86. The average Bonchev–Trinajstić information content (AvgIpc) is 2.71. The predicted molar refractivity (Wildman–Crippen MR) is 66.1 cm³/mol. The maximum absolute atomic E-state index is 3.64. The molecule has 14 heavy (non-hydrogen) atoms. The number of hydrogen-bond acceptors (Lipinski definition) is 3. The van der Waals surface area contributed by atoms with Gasteiger partial charge < -0.3 is 10.2 Å². The Bertz CT molecular complexity index is 127. The lowest BCUT2D eigenvalue weighted by atomic mass is 10.2. The smallest absolute Gasteiger partial charge is 0.0166 e. The molecule has 0 aliphatic carbocycles. The van der Waals surface area contributed by atoms with Gasteiger partial charge in [-0.05, 0) is 44.8 Å². The Morgan fingerprint density at radius 1 is 1.36 bits per heavy atom. The highest BCUT2D eigenvalue weighted by molar-refractivity contribution is 7.99. The number of hydrogen-bond donors (Lipinski definition) is 1. The first-order valence-electron chi connectivity index (χ1n) is 5.90. The van der Waals surface area contributed by atoms with Crippen LogP contribution in [0.15, 0.2) is 0 Å². The minimum Gasteiger partial charge on any atom is -0.313 e. The van der Waals surface area contributed by atoms with Gasteiger partial charge in [-0.15, -0.1) is 0 Å². The van der Waals surface area contributed by atoms with Crippen LogP contribution in [0.5, 0.6) is 0 Å². The zero-order chi connectivity index (χ0) is 10.2. The molecule has 1 heterocycles. The van der Waals surface area contributed by atoms with Crippen LogP contribution in [0.4, 0.5) is 0 Å². The van der Waals surface area contributed by atoms with Crippen LogP contribution in [0.2, 0.25) is 0 Å². The lowest BCUT2D eigenvalue weighted by Crippen LogP contribution is -2.32. The van der Waals surface area contributed by atoms with Crippen LogP contribution in [0, 0.1) is 0 Å². The van der Waals surface area contributed by atoms with Crippen molar-refractivity contribution in [2.45, 2.75) is 32.7 Å². The maximum atomic E-state index is 3.64. The van der Waals surface area contributed by atoms with E-state index in [-0.39, 0.29) is 0 Å². The molecule has 1 aliphatic rings. The van der Waals surface area contributed by atoms with E-state index in [1.807, 2.05) is 0 Å². The van der Waals surface area contributed by atoms with Crippen molar-refractivity contribution >= 4 is 11.8 Å². The summed E-state index contributed by atoms with van der Waals surface area (Å²) in [4.78, 5) is 2.49. The van der Waals surface area contributed by atoms with Gasteiger partial charge in [-0.25, -0.2) is 0 Å². The van der Waals surface area contributed by atoms with Crippen LogP contribution in [0.1, 0.15) is 26.7 Å². The van der Waals surface area contributed by atoms with Crippen molar-refractivity contribution in [3.05, 3.63) is 0 Å².